The van der Waals surface area contributed by atoms with Gasteiger partial charge >= 0.3 is 0 Å². The fraction of sp³-hybridized carbons (Fsp3) is 0.304. The first-order valence-electron chi connectivity index (χ1n) is 10.1. The Hall–Kier alpha value is -3.48. The predicted molar refractivity (Wildman–Crippen MR) is 113 cm³/mol. The molecule has 2 N–H and O–H groups in total. The minimum absolute atomic E-state index is 0.114. The van der Waals surface area contributed by atoms with Crippen LogP contribution in [0.1, 0.15) is 47.9 Å². The molecule has 4 rings (SSSR count). The van der Waals surface area contributed by atoms with Crippen LogP contribution in [0.3, 0.4) is 0 Å². The molecule has 1 atom stereocenters. The maximum absolute atomic E-state index is 13.0. The first kappa shape index (κ1) is 19.8. The smallest absolute Gasteiger partial charge is 0.273 e. The van der Waals surface area contributed by atoms with Crippen molar-refractivity contribution in [2.45, 2.75) is 26.3 Å². The lowest BCUT2D eigenvalue weighted by Crippen LogP contribution is -2.29. The number of carbonyl (C=O) groups excluding carboxylic acids is 1. The minimum Gasteiger partial charge on any atom is -0.507 e. The summed E-state index contributed by atoms with van der Waals surface area (Å²) in [7, 11) is 1.60. The topological polar surface area (TPSA) is 87.7 Å². The normalized spacial score (nSPS) is 15.4. The number of rotatable bonds is 7. The average molecular weight is 407 g/mol. The number of aromatic amines is 1. The van der Waals surface area contributed by atoms with E-state index in [9.17, 15) is 9.90 Å². The zero-order valence-corrected chi connectivity index (χ0v) is 17.3. The molecule has 0 spiro atoms. The van der Waals surface area contributed by atoms with Crippen molar-refractivity contribution in [1.82, 2.24) is 15.1 Å². The van der Waals surface area contributed by atoms with Gasteiger partial charge in [-0.3, -0.25) is 9.89 Å². The highest BCUT2D eigenvalue weighted by atomic mass is 16.5. The molecule has 7 heteroatoms. The molecule has 3 aromatic rings. The standard InChI is InChI=1S/C23H25N3O4/c1-4-12-30-17-11-10-14(13-18(17)29-3)22-19-20(15-8-6-7-9-16(15)27)24-25-21(19)23(28)26(22)5-2/h6-11,13,22,27H,4-5,12H2,1-3H3,(H,24,25)/t22-/m0/s1. The zero-order chi connectivity index (χ0) is 21.3. The van der Waals surface area contributed by atoms with Crippen LogP contribution >= 0.6 is 0 Å². The predicted octanol–water partition coefficient (Wildman–Crippen LogP) is 4.14. The monoisotopic (exact) mass is 407 g/mol. The summed E-state index contributed by atoms with van der Waals surface area (Å²) < 4.78 is 11.3. The van der Waals surface area contributed by atoms with E-state index in [1.54, 1.807) is 30.2 Å². The molecule has 7 nitrogen and oxygen atoms in total. The zero-order valence-electron chi connectivity index (χ0n) is 17.3. The van der Waals surface area contributed by atoms with E-state index in [1.807, 2.05) is 38.1 Å². The lowest BCUT2D eigenvalue weighted by Gasteiger charge is -2.25. The van der Waals surface area contributed by atoms with Gasteiger partial charge in [0.05, 0.1) is 19.8 Å². The second kappa shape index (κ2) is 8.10. The van der Waals surface area contributed by atoms with Crippen LogP contribution in [0.15, 0.2) is 42.5 Å². The van der Waals surface area contributed by atoms with E-state index in [2.05, 4.69) is 10.2 Å². The van der Waals surface area contributed by atoms with E-state index in [4.69, 9.17) is 9.47 Å². The number of ether oxygens (including phenoxy) is 2. The Kier molecular flexibility index (Phi) is 5.35. The number of para-hydroxylation sites is 1. The molecule has 0 bridgehead atoms. The fourth-order valence-electron chi connectivity index (χ4n) is 3.93. The molecular weight excluding hydrogens is 382 g/mol. The van der Waals surface area contributed by atoms with Crippen molar-refractivity contribution < 1.29 is 19.4 Å². The third-order valence-corrected chi connectivity index (χ3v) is 5.33. The van der Waals surface area contributed by atoms with Crippen LogP contribution in [0.4, 0.5) is 0 Å². The van der Waals surface area contributed by atoms with Gasteiger partial charge in [0.2, 0.25) is 0 Å². The van der Waals surface area contributed by atoms with Gasteiger partial charge in [0.1, 0.15) is 17.1 Å². The number of benzene rings is 2. The van der Waals surface area contributed by atoms with Crippen LogP contribution in [-0.2, 0) is 0 Å². The number of carbonyl (C=O) groups is 1. The number of nitrogens with zero attached hydrogens (tertiary/aromatic N) is 2. The van der Waals surface area contributed by atoms with Crippen molar-refractivity contribution in [2.75, 3.05) is 20.3 Å². The summed E-state index contributed by atoms with van der Waals surface area (Å²) in [6, 6.07) is 12.4. The molecule has 1 aliphatic heterocycles. The van der Waals surface area contributed by atoms with Crippen LogP contribution in [0, 0.1) is 0 Å². The van der Waals surface area contributed by atoms with Crippen molar-refractivity contribution in [3.05, 3.63) is 59.3 Å². The SMILES string of the molecule is CCCOc1ccc([C@H]2c3c(-c4ccccc4O)n[nH]c3C(=O)N2CC)cc1OC. The summed E-state index contributed by atoms with van der Waals surface area (Å²) in [5.41, 5.74) is 3.25. The molecule has 0 radical (unpaired) electrons. The quantitative estimate of drug-likeness (QED) is 0.614. The molecule has 1 aromatic heterocycles. The van der Waals surface area contributed by atoms with Gasteiger partial charge < -0.3 is 19.5 Å². The molecule has 1 aliphatic rings. The number of methoxy groups -OCH3 is 1. The maximum atomic E-state index is 13.0. The summed E-state index contributed by atoms with van der Waals surface area (Å²) in [4.78, 5) is 14.8. The van der Waals surface area contributed by atoms with Gasteiger partial charge in [-0.15, -0.1) is 0 Å². The number of phenols is 1. The maximum Gasteiger partial charge on any atom is 0.273 e. The van der Waals surface area contributed by atoms with Crippen LogP contribution < -0.4 is 9.47 Å². The van der Waals surface area contributed by atoms with E-state index in [0.717, 1.165) is 17.5 Å². The summed E-state index contributed by atoms with van der Waals surface area (Å²) in [5, 5.41) is 17.6. The molecular formula is C23H25N3O4. The molecule has 2 aromatic carbocycles. The second-order valence-electron chi connectivity index (χ2n) is 7.13. The van der Waals surface area contributed by atoms with Gasteiger partial charge in [0, 0.05) is 17.7 Å². The number of phenolic OH excluding ortho intramolecular Hbond substituents is 1. The highest BCUT2D eigenvalue weighted by molar-refractivity contribution is 6.00. The van der Waals surface area contributed by atoms with Gasteiger partial charge in [-0.1, -0.05) is 25.1 Å². The Labute approximate surface area is 175 Å². The third kappa shape index (κ3) is 3.16. The molecule has 156 valence electrons. The van der Waals surface area contributed by atoms with Gasteiger partial charge in [-0.2, -0.15) is 5.10 Å². The van der Waals surface area contributed by atoms with Crippen LogP contribution in [-0.4, -0.2) is 46.4 Å². The summed E-state index contributed by atoms with van der Waals surface area (Å²) in [5.74, 6) is 1.29. The fourth-order valence-corrected chi connectivity index (χ4v) is 3.93. The van der Waals surface area contributed by atoms with E-state index in [-0.39, 0.29) is 17.7 Å². The average Bonchev–Trinajstić information content (AvgIpc) is 3.31. The summed E-state index contributed by atoms with van der Waals surface area (Å²) in [6.07, 6.45) is 0.897. The molecule has 0 saturated heterocycles. The third-order valence-electron chi connectivity index (χ3n) is 5.33. The second-order valence-corrected chi connectivity index (χ2v) is 7.13. The number of H-pyrrole nitrogens is 1. The van der Waals surface area contributed by atoms with Crippen molar-refractivity contribution in [2.24, 2.45) is 0 Å². The molecule has 0 saturated carbocycles. The number of aromatic nitrogens is 2. The molecule has 0 unspecified atom stereocenters. The Morgan fingerprint density at radius 3 is 2.67 bits per heavy atom. The minimum atomic E-state index is -0.347. The Bertz CT molecular complexity index is 1080. The first-order valence-corrected chi connectivity index (χ1v) is 10.1. The molecule has 1 amide bonds. The lowest BCUT2D eigenvalue weighted by atomic mass is 9.95. The highest BCUT2D eigenvalue weighted by Gasteiger charge is 2.42. The Balaban J connectivity index is 1.84. The van der Waals surface area contributed by atoms with Crippen molar-refractivity contribution in [3.8, 4) is 28.5 Å². The van der Waals surface area contributed by atoms with E-state index in [1.165, 1.54) is 0 Å². The first-order chi connectivity index (χ1) is 14.6. The highest BCUT2D eigenvalue weighted by Crippen LogP contribution is 2.45. The van der Waals surface area contributed by atoms with Gasteiger partial charge in [-0.05, 0) is 43.2 Å². The molecule has 2 heterocycles. The Morgan fingerprint density at radius 2 is 1.97 bits per heavy atom. The number of nitrogens with one attached hydrogen (secondary N) is 1. The largest absolute Gasteiger partial charge is 0.507 e. The number of hydrogen-bond acceptors (Lipinski definition) is 5. The van der Waals surface area contributed by atoms with Crippen molar-refractivity contribution >= 4 is 5.91 Å². The molecule has 30 heavy (non-hydrogen) atoms. The van der Waals surface area contributed by atoms with E-state index in [0.29, 0.717) is 41.6 Å². The number of fused-ring (bicyclic) bond motifs is 1. The number of hydrogen-bond donors (Lipinski definition) is 2. The number of amides is 1. The van der Waals surface area contributed by atoms with Crippen LogP contribution in [0.5, 0.6) is 17.2 Å². The van der Waals surface area contributed by atoms with Gasteiger partial charge in [0.25, 0.3) is 5.91 Å². The van der Waals surface area contributed by atoms with Crippen LogP contribution in [0.25, 0.3) is 11.3 Å². The van der Waals surface area contributed by atoms with E-state index >= 15 is 0 Å². The lowest BCUT2D eigenvalue weighted by molar-refractivity contribution is 0.0753. The Morgan fingerprint density at radius 1 is 1.17 bits per heavy atom. The van der Waals surface area contributed by atoms with Gasteiger partial charge in [-0.25, -0.2) is 0 Å². The molecule has 0 fully saturated rings. The molecule has 0 aliphatic carbocycles. The van der Waals surface area contributed by atoms with Crippen molar-refractivity contribution in [3.63, 3.8) is 0 Å². The number of aromatic hydroxyl groups is 1. The summed E-state index contributed by atoms with van der Waals surface area (Å²) in [6.45, 7) is 5.12. The van der Waals surface area contributed by atoms with Crippen LogP contribution in [0.2, 0.25) is 0 Å². The summed E-state index contributed by atoms with van der Waals surface area (Å²) >= 11 is 0. The van der Waals surface area contributed by atoms with Crippen molar-refractivity contribution in [1.29, 1.82) is 0 Å². The van der Waals surface area contributed by atoms with Gasteiger partial charge in [0.15, 0.2) is 11.5 Å². The van der Waals surface area contributed by atoms with E-state index < -0.39 is 0 Å².